The lowest BCUT2D eigenvalue weighted by molar-refractivity contribution is -0.373. The van der Waals surface area contributed by atoms with Gasteiger partial charge in [-0.25, -0.2) is 8.42 Å². The molecule has 4 aromatic rings. The van der Waals surface area contributed by atoms with Crippen LogP contribution in [0.4, 0.5) is 0 Å². The van der Waals surface area contributed by atoms with E-state index >= 15 is 0 Å². The van der Waals surface area contributed by atoms with Gasteiger partial charge in [-0.1, -0.05) is 161 Å². The molecule has 3 aliphatic rings. The zero-order chi connectivity index (χ0) is 38.8. The largest absolute Gasteiger partial charge is 0.368 e. The zero-order valence-corrected chi connectivity index (χ0v) is 33.6. The van der Waals surface area contributed by atoms with E-state index in [2.05, 4.69) is 6.92 Å². The number of hydrogen-bond donors (Lipinski definition) is 0. The second-order valence-electron chi connectivity index (χ2n) is 15.5. The van der Waals surface area contributed by atoms with Crippen LogP contribution in [0, 0.1) is 6.92 Å². The van der Waals surface area contributed by atoms with Crippen molar-refractivity contribution in [3.05, 3.63) is 138 Å². The maximum Gasteiger partial charge on any atom is 0.243 e. The SMILES string of the molecule is CCCCCCCCCC1(CO[C@@H]2O[C@@H]3CO[C@H](c4ccccc4)O[C@@H]3[C@H](OCc3ccccc3)[C@H]2OCc2ccccc2)CN1S(=O)(=O)c1ccc(C)cc1. The molecule has 0 saturated carbocycles. The third kappa shape index (κ3) is 10.2. The average molecular weight is 784 g/mol. The molecule has 3 aliphatic heterocycles. The van der Waals surface area contributed by atoms with E-state index in [1.807, 2.05) is 110 Å². The van der Waals surface area contributed by atoms with Crippen LogP contribution in [0.3, 0.4) is 0 Å². The summed E-state index contributed by atoms with van der Waals surface area (Å²) >= 11 is 0. The Bertz CT molecular complexity index is 1880. The molecule has 7 rings (SSSR count). The van der Waals surface area contributed by atoms with Gasteiger partial charge in [-0.3, -0.25) is 0 Å². The van der Waals surface area contributed by atoms with Crippen molar-refractivity contribution >= 4 is 10.0 Å². The Morgan fingerprint density at radius 1 is 0.696 bits per heavy atom. The van der Waals surface area contributed by atoms with Crippen molar-refractivity contribution in [2.75, 3.05) is 19.8 Å². The molecular formula is C46H57NO8S. The molecule has 3 fully saturated rings. The predicted molar refractivity (Wildman–Crippen MR) is 215 cm³/mol. The third-order valence-electron chi connectivity index (χ3n) is 11.2. The Labute approximate surface area is 333 Å². The highest BCUT2D eigenvalue weighted by Crippen LogP contribution is 2.44. The second kappa shape index (κ2) is 19.3. The lowest BCUT2D eigenvalue weighted by Gasteiger charge is -2.49. The Hall–Kier alpha value is -3.45. The quantitative estimate of drug-likeness (QED) is 0.0649. The Balaban J connectivity index is 1.14. The van der Waals surface area contributed by atoms with E-state index in [4.69, 9.17) is 28.4 Å². The van der Waals surface area contributed by atoms with Crippen molar-refractivity contribution in [3.63, 3.8) is 0 Å². The lowest BCUT2D eigenvalue weighted by atomic mass is 9.96. The number of ether oxygens (including phenoxy) is 6. The summed E-state index contributed by atoms with van der Waals surface area (Å²) < 4.78 is 69.8. The van der Waals surface area contributed by atoms with Gasteiger partial charge in [0.15, 0.2) is 12.6 Å². The van der Waals surface area contributed by atoms with E-state index in [0.717, 1.165) is 41.5 Å². The first kappa shape index (κ1) is 40.7. The van der Waals surface area contributed by atoms with Crippen LogP contribution in [0.5, 0.6) is 0 Å². The van der Waals surface area contributed by atoms with Crippen molar-refractivity contribution in [1.82, 2.24) is 4.31 Å². The number of aryl methyl sites for hydroxylation is 1. The first-order valence-electron chi connectivity index (χ1n) is 20.4. The van der Waals surface area contributed by atoms with Crippen LogP contribution in [-0.4, -0.2) is 68.7 Å². The number of fused-ring (bicyclic) bond motifs is 1. The molecule has 0 radical (unpaired) electrons. The van der Waals surface area contributed by atoms with Crippen LogP contribution in [-0.2, 0) is 51.7 Å². The third-order valence-corrected chi connectivity index (χ3v) is 13.1. The highest BCUT2D eigenvalue weighted by atomic mass is 32.2. The predicted octanol–water partition coefficient (Wildman–Crippen LogP) is 8.91. The van der Waals surface area contributed by atoms with Crippen molar-refractivity contribution in [2.24, 2.45) is 0 Å². The van der Waals surface area contributed by atoms with E-state index in [1.165, 1.54) is 25.7 Å². The molecule has 3 saturated heterocycles. The molecule has 0 amide bonds. The molecule has 9 nitrogen and oxygen atoms in total. The van der Waals surface area contributed by atoms with Gasteiger partial charge in [0.2, 0.25) is 10.0 Å². The molecule has 3 heterocycles. The fraction of sp³-hybridized carbons (Fsp3) is 0.478. The minimum atomic E-state index is -3.74. The summed E-state index contributed by atoms with van der Waals surface area (Å²) in [4.78, 5) is 0.296. The van der Waals surface area contributed by atoms with Gasteiger partial charge in [0.05, 0.1) is 36.9 Å². The lowest BCUT2D eigenvalue weighted by Crippen LogP contribution is -2.63. The summed E-state index contributed by atoms with van der Waals surface area (Å²) in [7, 11) is -3.74. The summed E-state index contributed by atoms with van der Waals surface area (Å²) in [5.41, 5.74) is 3.24. The van der Waals surface area contributed by atoms with Crippen LogP contribution >= 0.6 is 0 Å². The molecule has 0 spiro atoms. The number of benzene rings is 4. The van der Waals surface area contributed by atoms with Gasteiger partial charge in [0.25, 0.3) is 0 Å². The molecule has 0 aliphatic carbocycles. The van der Waals surface area contributed by atoms with E-state index in [9.17, 15) is 8.42 Å². The van der Waals surface area contributed by atoms with Gasteiger partial charge < -0.3 is 28.4 Å². The van der Waals surface area contributed by atoms with Crippen LogP contribution < -0.4 is 0 Å². The van der Waals surface area contributed by atoms with E-state index in [0.29, 0.717) is 31.1 Å². The summed E-state index contributed by atoms with van der Waals surface area (Å²) in [6.07, 6.45) is 4.84. The average Bonchev–Trinajstić information content (AvgIpc) is 3.97. The Morgan fingerprint density at radius 2 is 1.29 bits per heavy atom. The van der Waals surface area contributed by atoms with E-state index in [1.54, 1.807) is 16.4 Å². The second-order valence-corrected chi connectivity index (χ2v) is 17.3. The Morgan fingerprint density at radius 3 is 1.93 bits per heavy atom. The first-order valence-corrected chi connectivity index (χ1v) is 21.8. The highest BCUT2D eigenvalue weighted by molar-refractivity contribution is 7.89. The minimum Gasteiger partial charge on any atom is -0.368 e. The van der Waals surface area contributed by atoms with Crippen molar-refractivity contribution in [1.29, 1.82) is 0 Å². The number of sulfonamides is 1. The summed E-state index contributed by atoms with van der Waals surface area (Å²) in [5, 5.41) is 0. The molecule has 2 unspecified atom stereocenters. The van der Waals surface area contributed by atoms with Crippen LogP contribution in [0.15, 0.2) is 120 Å². The Kier molecular flexibility index (Phi) is 14.1. The standard InChI is InChI=1S/C46H57NO8S/c1-3-4-5-6-7-8-18-29-46(33-47(46)56(48,49)39-27-25-35(2)26-28-39)34-53-45-43(51-31-37-21-14-10-15-22-37)42(50-30-36-19-12-9-13-20-36)41-40(54-45)32-52-44(55-41)38-23-16-11-17-24-38/h9-17,19-28,40-45H,3-8,18,29-34H2,1-2H3/t40-,41+,42+,43-,44+,45-,46?,47?/m1/s1. The molecule has 10 heteroatoms. The van der Waals surface area contributed by atoms with Gasteiger partial charge in [0.1, 0.15) is 24.4 Å². The van der Waals surface area contributed by atoms with Crippen LogP contribution in [0.2, 0.25) is 0 Å². The van der Waals surface area contributed by atoms with E-state index in [-0.39, 0.29) is 13.2 Å². The molecular weight excluding hydrogens is 727 g/mol. The topological polar surface area (TPSA) is 92.5 Å². The fourth-order valence-corrected chi connectivity index (χ4v) is 9.61. The molecule has 0 N–H and O–H groups in total. The van der Waals surface area contributed by atoms with Crippen molar-refractivity contribution in [3.8, 4) is 0 Å². The normalized spacial score (nSPS) is 27.4. The maximum atomic E-state index is 14.1. The summed E-state index contributed by atoms with van der Waals surface area (Å²) in [5.74, 6) is 0. The highest BCUT2D eigenvalue weighted by Gasteiger charge is 2.60. The molecule has 56 heavy (non-hydrogen) atoms. The van der Waals surface area contributed by atoms with Gasteiger partial charge in [-0.05, 0) is 36.6 Å². The van der Waals surface area contributed by atoms with Gasteiger partial charge in [0, 0.05) is 12.1 Å². The maximum absolute atomic E-state index is 14.1. The summed E-state index contributed by atoms with van der Waals surface area (Å²) in [6.45, 7) is 5.61. The van der Waals surface area contributed by atoms with Crippen LogP contribution in [0.1, 0.15) is 86.8 Å². The monoisotopic (exact) mass is 783 g/mol. The summed E-state index contributed by atoms with van der Waals surface area (Å²) in [6, 6.07) is 37.0. The zero-order valence-electron chi connectivity index (χ0n) is 32.7. The smallest absolute Gasteiger partial charge is 0.243 e. The van der Waals surface area contributed by atoms with Gasteiger partial charge in [-0.2, -0.15) is 4.31 Å². The van der Waals surface area contributed by atoms with Gasteiger partial charge >= 0.3 is 0 Å². The first-order chi connectivity index (χ1) is 27.4. The molecule has 4 aromatic carbocycles. The number of rotatable bonds is 20. The van der Waals surface area contributed by atoms with Crippen molar-refractivity contribution in [2.45, 2.75) is 126 Å². The number of unbranched alkanes of at least 4 members (excludes halogenated alkanes) is 6. The van der Waals surface area contributed by atoms with Crippen molar-refractivity contribution < 1.29 is 36.8 Å². The molecule has 0 bridgehead atoms. The molecule has 8 atom stereocenters. The number of nitrogens with zero attached hydrogens (tertiary/aromatic N) is 1. The van der Waals surface area contributed by atoms with E-state index < -0.39 is 52.6 Å². The van der Waals surface area contributed by atoms with Gasteiger partial charge in [-0.15, -0.1) is 0 Å². The molecule has 300 valence electrons. The molecule has 0 aromatic heterocycles. The van der Waals surface area contributed by atoms with Crippen LogP contribution in [0.25, 0.3) is 0 Å². The number of hydrogen-bond acceptors (Lipinski definition) is 8. The minimum absolute atomic E-state index is 0.154. The fourth-order valence-electron chi connectivity index (χ4n) is 7.81.